The highest BCUT2D eigenvalue weighted by atomic mass is 32.1. The first kappa shape index (κ1) is 19.4. The predicted octanol–water partition coefficient (Wildman–Crippen LogP) is 4.31. The Hall–Kier alpha value is -3.32. The van der Waals surface area contributed by atoms with Crippen LogP contribution in [0.15, 0.2) is 60.5 Å². The molecule has 0 aliphatic carbocycles. The van der Waals surface area contributed by atoms with E-state index in [-0.39, 0.29) is 24.2 Å². The van der Waals surface area contributed by atoms with Gasteiger partial charge in [0.05, 0.1) is 5.69 Å². The Labute approximate surface area is 165 Å². The average Bonchev–Trinajstić information content (AvgIpc) is 3.16. The van der Waals surface area contributed by atoms with E-state index in [0.717, 1.165) is 5.56 Å². The van der Waals surface area contributed by atoms with Crippen LogP contribution in [-0.2, 0) is 11.3 Å². The maximum Gasteiger partial charge on any atom is 0.257 e. The SMILES string of the molecule is C=CC(=O)NCc1ccccc1C(=O)Nc1nc(-c2ccc(F)c(C)c2)cs1. The summed E-state index contributed by atoms with van der Waals surface area (Å²) in [4.78, 5) is 28.5. The molecule has 0 fully saturated rings. The summed E-state index contributed by atoms with van der Waals surface area (Å²) in [5.41, 5.74) is 3.10. The van der Waals surface area contributed by atoms with E-state index >= 15 is 0 Å². The third-order valence-electron chi connectivity index (χ3n) is 4.08. The molecular weight excluding hydrogens is 377 g/mol. The fourth-order valence-electron chi connectivity index (χ4n) is 2.58. The Morgan fingerprint density at radius 2 is 2.04 bits per heavy atom. The lowest BCUT2D eigenvalue weighted by molar-refractivity contribution is -0.116. The predicted molar refractivity (Wildman–Crippen MR) is 109 cm³/mol. The molecule has 2 amide bonds. The minimum atomic E-state index is -0.320. The number of hydrogen-bond acceptors (Lipinski definition) is 4. The van der Waals surface area contributed by atoms with E-state index in [1.54, 1.807) is 48.7 Å². The zero-order valence-electron chi connectivity index (χ0n) is 15.2. The summed E-state index contributed by atoms with van der Waals surface area (Å²) in [5.74, 6) is -0.901. The van der Waals surface area contributed by atoms with Crippen LogP contribution in [0.25, 0.3) is 11.3 Å². The number of carbonyl (C=O) groups excluding carboxylic acids is 2. The largest absolute Gasteiger partial charge is 0.348 e. The molecule has 0 unspecified atom stereocenters. The van der Waals surface area contributed by atoms with Gasteiger partial charge in [-0.1, -0.05) is 24.8 Å². The number of aryl methyl sites for hydroxylation is 1. The Morgan fingerprint density at radius 1 is 1.25 bits per heavy atom. The van der Waals surface area contributed by atoms with Crippen LogP contribution < -0.4 is 10.6 Å². The van der Waals surface area contributed by atoms with Crippen LogP contribution in [0.4, 0.5) is 9.52 Å². The van der Waals surface area contributed by atoms with Crippen LogP contribution in [0, 0.1) is 12.7 Å². The molecule has 28 heavy (non-hydrogen) atoms. The molecule has 1 heterocycles. The number of anilines is 1. The third-order valence-corrected chi connectivity index (χ3v) is 4.84. The summed E-state index contributed by atoms with van der Waals surface area (Å²) in [6.07, 6.45) is 1.18. The van der Waals surface area contributed by atoms with E-state index in [1.807, 2.05) is 0 Å². The van der Waals surface area contributed by atoms with Gasteiger partial charge in [-0.05, 0) is 48.4 Å². The molecular formula is C21H18FN3O2S. The number of thiazole rings is 1. The van der Waals surface area contributed by atoms with Crippen molar-refractivity contribution in [2.45, 2.75) is 13.5 Å². The Balaban J connectivity index is 1.75. The molecule has 0 spiro atoms. The molecule has 3 aromatic rings. The van der Waals surface area contributed by atoms with Gasteiger partial charge >= 0.3 is 0 Å². The van der Waals surface area contributed by atoms with Gasteiger partial charge in [-0.3, -0.25) is 14.9 Å². The van der Waals surface area contributed by atoms with Crippen molar-refractivity contribution in [3.05, 3.63) is 83.0 Å². The Bertz CT molecular complexity index is 1050. The number of benzene rings is 2. The zero-order chi connectivity index (χ0) is 20.1. The van der Waals surface area contributed by atoms with Gasteiger partial charge in [-0.25, -0.2) is 9.37 Å². The van der Waals surface area contributed by atoms with Crippen LogP contribution in [0.1, 0.15) is 21.5 Å². The zero-order valence-corrected chi connectivity index (χ0v) is 16.0. The topological polar surface area (TPSA) is 71.1 Å². The number of nitrogens with one attached hydrogen (secondary N) is 2. The summed E-state index contributed by atoms with van der Waals surface area (Å²) >= 11 is 1.29. The maximum atomic E-state index is 13.4. The van der Waals surface area contributed by atoms with Gasteiger partial charge in [-0.15, -0.1) is 11.3 Å². The van der Waals surface area contributed by atoms with Gasteiger partial charge in [0.15, 0.2) is 5.13 Å². The molecule has 5 nitrogen and oxygen atoms in total. The van der Waals surface area contributed by atoms with Crippen molar-refractivity contribution in [3.8, 4) is 11.3 Å². The molecule has 0 saturated heterocycles. The summed E-state index contributed by atoms with van der Waals surface area (Å²) in [5, 5.41) is 7.68. The normalized spacial score (nSPS) is 10.4. The van der Waals surface area contributed by atoms with Crippen molar-refractivity contribution in [1.82, 2.24) is 10.3 Å². The monoisotopic (exact) mass is 395 g/mol. The highest BCUT2D eigenvalue weighted by molar-refractivity contribution is 7.14. The third kappa shape index (κ3) is 4.50. The van der Waals surface area contributed by atoms with Crippen molar-refractivity contribution in [2.75, 3.05) is 5.32 Å². The van der Waals surface area contributed by atoms with Crippen molar-refractivity contribution >= 4 is 28.3 Å². The molecule has 0 atom stereocenters. The van der Waals surface area contributed by atoms with E-state index in [4.69, 9.17) is 0 Å². The number of rotatable bonds is 6. The molecule has 0 aliphatic heterocycles. The Kier molecular flexibility index (Phi) is 5.96. The molecule has 3 rings (SSSR count). The average molecular weight is 395 g/mol. The van der Waals surface area contributed by atoms with Crippen LogP contribution in [-0.4, -0.2) is 16.8 Å². The van der Waals surface area contributed by atoms with Crippen LogP contribution in [0.5, 0.6) is 0 Å². The van der Waals surface area contributed by atoms with Gasteiger partial charge in [-0.2, -0.15) is 0 Å². The van der Waals surface area contributed by atoms with Crippen LogP contribution in [0.2, 0.25) is 0 Å². The lowest BCUT2D eigenvalue weighted by Crippen LogP contribution is -2.22. The minimum absolute atomic E-state index is 0.215. The van der Waals surface area contributed by atoms with Crippen molar-refractivity contribution < 1.29 is 14.0 Å². The Morgan fingerprint density at radius 3 is 2.79 bits per heavy atom. The fourth-order valence-corrected chi connectivity index (χ4v) is 3.30. The minimum Gasteiger partial charge on any atom is -0.348 e. The van der Waals surface area contributed by atoms with Crippen molar-refractivity contribution in [3.63, 3.8) is 0 Å². The summed E-state index contributed by atoms with van der Waals surface area (Å²) in [6, 6.07) is 11.8. The molecule has 2 aromatic carbocycles. The van der Waals surface area contributed by atoms with Crippen LogP contribution >= 0.6 is 11.3 Å². The van der Waals surface area contributed by atoms with E-state index in [9.17, 15) is 14.0 Å². The first-order chi connectivity index (χ1) is 13.5. The fraction of sp³-hybridized carbons (Fsp3) is 0.0952. The molecule has 0 aliphatic rings. The van der Waals surface area contributed by atoms with E-state index in [1.165, 1.54) is 23.5 Å². The molecule has 142 valence electrons. The molecule has 0 radical (unpaired) electrons. The number of aromatic nitrogens is 1. The molecule has 0 saturated carbocycles. The smallest absolute Gasteiger partial charge is 0.257 e. The lowest BCUT2D eigenvalue weighted by atomic mass is 10.1. The highest BCUT2D eigenvalue weighted by Crippen LogP contribution is 2.26. The second kappa shape index (κ2) is 8.58. The number of carbonyl (C=O) groups is 2. The van der Waals surface area contributed by atoms with Crippen molar-refractivity contribution in [2.24, 2.45) is 0 Å². The summed E-state index contributed by atoms with van der Waals surface area (Å²) < 4.78 is 13.4. The summed E-state index contributed by atoms with van der Waals surface area (Å²) in [7, 11) is 0. The van der Waals surface area contributed by atoms with Crippen molar-refractivity contribution in [1.29, 1.82) is 0 Å². The number of hydrogen-bond donors (Lipinski definition) is 2. The molecule has 2 N–H and O–H groups in total. The highest BCUT2D eigenvalue weighted by Gasteiger charge is 2.14. The molecule has 1 aromatic heterocycles. The van der Waals surface area contributed by atoms with E-state index in [2.05, 4.69) is 22.2 Å². The molecule has 0 bridgehead atoms. The first-order valence-corrected chi connectivity index (χ1v) is 9.37. The second-order valence-corrected chi connectivity index (χ2v) is 6.89. The number of amides is 2. The first-order valence-electron chi connectivity index (χ1n) is 8.49. The van der Waals surface area contributed by atoms with Crippen LogP contribution in [0.3, 0.4) is 0 Å². The van der Waals surface area contributed by atoms with E-state index < -0.39 is 0 Å². The van der Waals surface area contributed by atoms with Gasteiger partial charge in [0.25, 0.3) is 5.91 Å². The van der Waals surface area contributed by atoms with Gasteiger partial charge in [0.1, 0.15) is 5.82 Å². The number of nitrogens with zero attached hydrogens (tertiary/aromatic N) is 1. The van der Waals surface area contributed by atoms with Gasteiger partial charge < -0.3 is 5.32 Å². The maximum absolute atomic E-state index is 13.4. The van der Waals surface area contributed by atoms with E-state index in [0.29, 0.717) is 27.5 Å². The van der Waals surface area contributed by atoms with Gasteiger partial charge in [0.2, 0.25) is 5.91 Å². The second-order valence-electron chi connectivity index (χ2n) is 6.04. The quantitative estimate of drug-likeness (QED) is 0.611. The molecule has 7 heteroatoms. The lowest BCUT2D eigenvalue weighted by Gasteiger charge is -2.09. The van der Waals surface area contributed by atoms with Gasteiger partial charge in [0, 0.05) is 23.1 Å². The number of halogens is 1. The summed E-state index contributed by atoms with van der Waals surface area (Å²) in [6.45, 7) is 5.31. The standard InChI is InChI=1S/C21H18FN3O2S/c1-3-19(26)23-11-15-6-4-5-7-16(15)20(27)25-21-24-18(12-28-21)14-8-9-17(22)13(2)10-14/h3-10,12H,1,11H2,2H3,(H,23,26)(H,24,25,27).